The van der Waals surface area contributed by atoms with Crippen molar-refractivity contribution in [3.8, 4) is 17.7 Å². The number of aliphatic hydroxyl groups is 1. The number of rotatable bonds is 5. The van der Waals surface area contributed by atoms with E-state index in [0.29, 0.717) is 37.4 Å². The second-order valence-corrected chi connectivity index (χ2v) is 10.7. The average Bonchev–Trinajstić information content (AvgIpc) is 3.38. The molecule has 1 aromatic carbocycles. The van der Waals surface area contributed by atoms with Gasteiger partial charge in [-0.3, -0.25) is 9.59 Å². The first kappa shape index (κ1) is 25.6. The van der Waals surface area contributed by atoms with E-state index >= 15 is 0 Å². The van der Waals surface area contributed by atoms with Crippen molar-refractivity contribution in [1.29, 1.82) is 0 Å². The van der Waals surface area contributed by atoms with E-state index in [2.05, 4.69) is 35.8 Å². The molecule has 9 heteroatoms. The molecule has 196 valence electrons. The summed E-state index contributed by atoms with van der Waals surface area (Å²) in [5.41, 5.74) is 7.26. The summed E-state index contributed by atoms with van der Waals surface area (Å²) in [6.45, 7) is 5.20. The van der Waals surface area contributed by atoms with Crippen LogP contribution in [0.5, 0.6) is 0 Å². The quantitative estimate of drug-likeness (QED) is 0.503. The molecule has 1 aliphatic heterocycles. The topological polar surface area (TPSA) is 124 Å². The number of primary amides is 1. The van der Waals surface area contributed by atoms with E-state index in [4.69, 9.17) is 10.5 Å². The highest BCUT2D eigenvalue weighted by atomic mass is 16.5. The summed E-state index contributed by atoms with van der Waals surface area (Å²) in [5.74, 6) is 5.11. The molecule has 3 aromatic rings. The molecule has 2 atom stereocenters. The fourth-order valence-corrected chi connectivity index (χ4v) is 5.09. The normalized spacial score (nSPS) is 22.1. The van der Waals surface area contributed by atoms with Gasteiger partial charge >= 0.3 is 0 Å². The number of hydrogen-bond donors (Lipinski definition) is 2. The maximum Gasteiger partial charge on any atom is 0.269 e. The molecule has 38 heavy (non-hydrogen) atoms. The van der Waals surface area contributed by atoms with Gasteiger partial charge in [-0.25, -0.2) is 9.67 Å². The van der Waals surface area contributed by atoms with Crippen LogP contribution in [0.25, 0.3) is 5.82 Å². The molecule has 0 spiro atoms. The van der Waals surface area contributed by atoms with E-state index in [0.717, 1.165) is 16.8 Å². The number of amides is 2. The van der Waals surface area contributed by atoms with Crippen LogP contribution in [-0.4, -0.2) is 61.9 Å². The van der Waals surface area contributed by atoms with Crippen molar-refractivity contribution >= 4 is 11.8 Å². The van der Waals surface area contributed by atoms with E-state index in [1.807, 2.05) is 30.3 Å². The lowest BCUT2D eigenvalue weighted by Gasteiger charge is -2.38. The Balaban J connectivity index is 1.46. The molecule has 2 amide bonds. The number of benzene rings is 1. The van der Waals surface area contributed by atoms with Gasteiger partial charge in [0.15, 0.2) is 11.5 Å². The Hall–Kier alpha value is -4.00. The monoisotopic (exact) mass is 513 g/mol. The molecule has 1 aliphatic carbocycles. The van der Waals surface area contributed by atoms with Gasteiger partial charge in [0.05, 0.1) is 18.4 Å². The number of carbonyl (C=O) groups excluding carboxylic acids is 2. The second-order valence-electron chi connectivity index (χ2n) is 10.7. The number of nitrogens with two attached hydrogens (primary N) is 1. The molecule has 9 nitrogen and oxygen atoms in total. The Morgan fingerprint density at radius 2 is 2.03 bits per heavy atom. The highest BCUT2D eigenvalue weighted by Gasteiger charge is 2.43. The summed E-state index contributed by atoms with van der Waals surface area (Å²) in [7, 11) is 1.64. The van der Waals surface area contributed by atoms with Crippen LogP contribution in [-0.2, 0) is 29.0 Å². The number of aromatic nitrogens is 3. The minimum Gasteiger partial charge on any atom is -0.373 e. The van der Waals surface area contributed by atoms with E-state index in [1.54, 1.807) is 30.1 Å². The van der Waals surface area contributed by atoms with Gasteiger partial charge in [0, 0.05) is 43.8 Å². The van der Waals surface area contributed by atoms with Crippen LogP contribution < -0.4 is 5.73 Å². The van der Waals surface area contributed by atoms with Crippen LogP contribution in [0.1, 0.15) is 53.1 Å². The predicted molar refractivity (Wildman–Crippen MR) is 140 cm³/mol. The van der Waals surface area contributed by atoms with Gasteiger partial charge in [0.2, 0.25) is 5.60 Å². The number of likely N-dealkylation sites (N-methyl/N-ethyl adjacent to an activating group) is 1. The van der Waals surface area contributed by atoms with Gasteiger partial charge in [-0.15, -0.1) is 0 Å². The lowest BCUT2D eigenvalue weighted by molar-refractivity contribution is -0.137. The number of likely N-dealkylation sites (tertiary alicyclic amines) is 1. The van der Waals surface area contributed by atoms with Gasteiger partial charge in [0.1, 0.15) is 0 Å². The van der Waals surface area contributed by atoms with E-state index < -0.39 is 17.4 Å². The number of pyridine rings is 1. The Bertz CT molecular complexity index is 1450. The Kier molecular flexibility index (Phi) is 6.55. The molecule has 3 heterocycles. The highest BCUT2D eigenvalue weighted by molar-refractivity contribution is 5.93. The maximum absolute atomic E-state index is 12.4. The third-order valence-electron chi connectivity index (χ3n) is 7.39. The molecule has 0 unspecified atom stereocenters. The van der Waals surface area contributed by atoms with Gasteiger partial charge < -0.3 is 20.5 Å². The molecule has 2 aromatic heterocycles. The summed E-state index contributed by atoms with van der Waals surface area (Å²) in [6, 6.07) is 13.4. The SMILES string of the molecule is CN1CC[C@@](O)(C#Cc2ccnc(-n3nc(C(N)=O)c4c3CC(C)(C)[C@@H](OCc3ccccc3)C4)c2)C1=O. The lowest BCUT2D eigenvalue weighted by Crippen LogP contribution is -2.40. The zero-order chi connectivity index (χ0) is 27.1. The van der Waals surface area contributed by atoms with Crippen molar-refractivity contribution in [1.82, 2.24) is 19.7 Å². The van der Waals surface area contributed by atoms with Gasteiger partial charge in [-0.2, -0.15) is 5.10 Å². The molecule has 1 saturated heterocycles. The van der Waals surface area contributed by atoms with Crippen LogP contribution in [0, 0.1) is 17.3 Å². The lowest BCUT2D eigenvalue weighted by atomic mass is 9.73. The van der Waals surface area contributed by atoms with Crippen LogP contribution in [0.2, 0.25) is 0 Å². The molecule has 0 bridgehead atoms. The fourth-order valence-electron chi connectivity index (χ4n) is 5.09. The van der Waals surface area contributed by atoms with E-state index in [-0.39, 0.29) is 23.6 Å². The third-order valence-corrected chi connectivity index (χ3v) is 7.39. The minimum atomic E-state index is -1.69. The smallest absolute Gasteiger partial charge is 0.269 e. The van der Waals surface area contributed by atoms with Crippen molar-refractivity contribution in [2.24, 2.45) is 11.1 Å². The van der Waals surface area contributed by atoms with Crippen LogP contribution in [0.3, 0.4) is 0 Å². The Morgan fingerprint density at radius 3 is 2.71 bits per heavy atom. The molecule has 1 fully saturated rings. The summed E-state index contributed by atoms with van der Waals surface area (Å²) in [6.07, 6.45) is 2.79. The molecular weight excluding hydrogens is 482 g/mol. The van der Waals surface area contributed by atoms with E-state index in [9.17, 15) is 14.7 Å². The molecule has 5 rings (SSSR count). The standard InChI is InChI=1S/C29H31N5O4/c1-28(2)17-22-21(16-23(28)38-18-20-7-5-4-6-8-20)25(26(30)35)32-34(22)24-15-19(10-13-31-24)9-11-29(37)12-14-33(3)27(29)36/h4-8,10,13,15,23,37H,12,14,16-18H2,1-3H3,(H2,30,35)/t23-,29-/m0/s1. The summed E-state index contributed by atoms with van der Waals surface area (Å²) in [4.78, 5) is 30.6. The maximum atomic E-state index is 12.4. The highest BCUT2D eigenvalue weighted by Crippen LogP contribution is 2.39. The van der Waals surface area contributed by atoms with Crippen LogP contribution in [0.15, 0.2) is 48.7 Å². The Morgan fingerprint density at radius 1 is 1.26 bits per heavy atom. The molecule has 3 N–H and O–H groups in total. The largest absolute Gasteiger partial charge is 0.373 e. The molecule has 0 saturated carbocycles. The van der Waals surface area contributed by atoms with Crippen molar-refractivity contribution in [2.45, 2.75) is 51.4 Å². The van der Waals surface area contributed by atoms with E-state index in [1.165, 1.54) is 4.90 Å². The first-order valence-electron chi connectivity index (χ1n) is 12.6. The van der Waals surface area contributed by atoms with Crippen LogP contribution >= 0.6 is 0 Å². The molecule has 2 aliphatic rings. The van der Waals surface area contributed by atoms with Crippen LogP contribution in [0.4, 0.5) is 0 Å². The minimum absolute atomic E-state index is 0.140. The third kappa shape index (κ3) is 4.80. The van der Waals surface area contributed by atoms with Gasteiger partial charge in [-0.1, -0.05) is 56.0 Å². The van der Waals surface area contributed by atoms with Crippen molar-refractivity contribution in [3.63, 3.8) is 0 Å². The summed E-state index contributed by atoms with van der Waals surface area (Å²) in [5, 5.41) is 15.2. The first-order valence-corrected chi connectivity index (χ1v) is 12.6. The summed E-state index contributed by atoms with van der Waals surface area (Å²) < 4.78 is 7.99. The predicted octanol–water partition coefficient (Wildman–Crippen LogP) is 2.02. The van der Waals surface area contributed by atoms with Gasteiger partial charge in [0.25, 0.3) is 11.8 Å². The molecule has 0 radical (unpaired) electrons. The second kappa shape index (κ2) is 9.71. The zero-order valence-electron chi connectivity index (χ0n) is 21.8. The van der Waals surface area contributed by atoms with Crippen molar-refractivity contribution in [2.75, 3.05) is 13.6 Å². The number of hydrogen-bond acceptors (Lipinski definition) is 6. The average molecular weight is 514 g/mol. The number of fused-ring (bicyclic) bond motifs is 1. The van der Waals surface area contributed by atoms with Crippen molar-refractivity contribution < 1.29 is 19.4 Å². The fraction of sp³-hybridized carbons (Fsp3) is 0.379. The zero-order valence-corrected chi connectivity index (χ0v) is 21.8. The first-order chi connectivity index (χ1) is 18.1. The number of ether oxygens (including phenoxy) is 1. The van der Waals surface area contributed by atoms with Gasteiger partial charge in [-0.05, 0) is 29.5 Å². The van der Waals surface area contributed by atoms with Crippen molar-refractivity contribution in [3.05, 3.63) is 76.7 Å². The number of nitrogens with zero attached hydrogens (tertiary/aromatic N) is 4. The summed E-state index contributed by atoms with van der Waals surface area (Å²) >= 11 is 0. The molecular formula is C29H31N5O4. The Labute approximate surface area is 221 Å². The number of carbonyl (C=O) groups is 2.